The third-order valence-corrected chi connectivity index (χ3v) is 6.03. The first-order chi connectivity index (χ1) is 15.4. The van der Waals surface area contributed by atoms with Gasteiger partial charge in [0.1, 0.15) is 5.75 Å². The molecule has 1 aliphatic rings. The third kappa shape index (κ3) is 5.05. The summed E-state index contributed by atoms with van der Waals surface area (Å²) in [4.78, 5) is 39.2. The third-order valence-electron chi connectivity index (χ3n) is 4.62. The van der Waals surface area contributed by atoms with Crippen LogP contribution in [0.15, 0.2) is 77.7 Å². The van der Waals surface area contributed by atoms with Crippen LogP contribution in [0.3, 0.4) is 0 Å². The Morgan fingerprint density at radius 3 is 2.22 bits per heavy atom. The number of imide groups is 1. The molecule has 0 saturated carbocycles. The summed E-state index contributed by atoms with van der Waals surface area (Å²) in [6.07, 6.45) is 1.55. The zero-order valence-electron chi connectivity index (χ0n) is 16.5. The van der Waals surface area contributed by atoms with Gasteiger partial charge in [0, 0.05) is 15.6 Å². The van der Waals surface area contributed by atoms with Gasteiger partial charge in [-0.15, -0.1) is 0 Å². The molecule has 2 amide bonds. The number of hydrogen-bond donors (Lipinski definition) is 0. The summed E-state index contributed by atoms with van der Waals surface area (Å²) in [5, 5.41) is 0.718. The number of esters is 1. The highest BCUT2D eigenvalue weighted by Crippen LogP contribution is 2.35. The minimum atomic E-state index is -0.557. The Morgan fingerprint density at radius 2 is 1.53 bits per heavy atom. The molecule has 0 spiro atoms. The second-order valence-corrected chi connectivity index (χ2v) is 8.69. The highest BCUT2D eigenvalue weighted by molar-refractivity contribution is 8.18. The van der Waals surface area contributed by atoms with Gasteiger partial charge in [0.25, 0.3) is 11.1 Å². The average molecular weight is 484 g/mol. The lowest BCUT2D eigenvalue weighted by Crippen LogP contribution is -2.27. The summed E-state index contributed by atoms with van der Waals surface area (Å²) in [7, 11) is 0. The van der Waals surface area contributed by atoms with Crippen LogP contribution < -0.4 is 4.74 Å². The molecule has 5 nitrogen and oxygen atoms in total. The number of ether oxygens (including phenoxy) is 1. The predicted molar refractivity (Wildman–Crippen MR) is 126 cm³/mol. The Balaban J connectivity index is 1.54. The fraction of sp³-hybridized carbons (Fsp3) is 0.0417. The summed E-state index contributed by atoms with van der Waals surface area (Å²) in [5.74, 6) is -0.691. The number of hydrogen-bond acceptors (Lipinski definition) is 5. The molecular formula is C24H15Cl2NO4S. The molecule has 0 unspecified atom stereocenters. The van der Waals surface area contributed by atoms with E-state index in [4.69, 9.17) is 27.9 Å². The lowest BCUT2D eigenvalue weighted by Gasteiger charge is -2.12. The second-order valence-electron chi connectivity index (χ2n) is 6.83. The minimum Gasteiger partial charge on any atom is -0.422 e. The van der Waals surface area contributed by atoms with Gasteiger partial charge in [-0.25, -0.2) is 4.79 Å². The molecular weight excluding hydrogens is 469 g/mol. The van der Waals surface area contributed by atoms with Crippen LogP contribution in [0.25, 0.3) is 6.08 Å². The minimum absolute atomic E-state index is 0.145. The normalized spacial score (nSPS) is 14.8. The van der Waals surface area contributed by atoms with Crippen LogP contribution in [0.5, 0.6) is 5.75 Å². The van der Waals surface area contributed by atoms with Crippen molar-refractivity contribution in [3.63, 3.8) is 0 Å². The van der Waals surface area contributed by atoms with E-state index in [1.807, 2.05) is 0 Å². The number of carbonyl (C=O) groups is 3. The van der Waals surface area contributed by atoms with Crippen molar-refractivity contribution in [2.24, 2.45) is 0 Å². The molecule has 0 atom stereocenters. The van der Waals surface area contributed by atoms with Crippen LogP contribution in [0.1, 0.15) is 21.5 Å². The summed E-state index contributed by atoms with van der Waals surface area (Å²) < 4.78 is 5.52. The first-order valence-electron chi connectivity index (χ1n) is 9.47. The van der Waals surface area contributed by atoms with Gasteiger partial charge in [-0.1, -0.05) is 53.5 Å². The standard InChI is InChI=1S/C24H15Cl2NO4S/c25-18-9-5-15(6-10-18)14-27-22(28)21(32-24(27)30)13-17-3-1-2-4-20(17)31-23(29)16-7-11-19(26)12-8-16/h1-13H,14H2/b21-13-. The molecule has 0 radical (unpaired) electrons. The molecule has 0 bridgehead atoms. The Kier molecular flexibility index (Phi) is 6.65. The molecule has 3 aromatic carbocycles. The summed E-state index contributed by atoms with van der Waals surface area (Å²) in [6, 6.07) is 20.1. The molecule has 4 rings (SSSR count). The lowest BCUT2D eigenvalue weighted by molar-refractivity contribution is -0.123. The maximum Gasteiger partial charge on any atom is 0.343 e. The molecule has 0 N–H and O–H groups in total. The van der Waals surface area contributed by atoms with Crippen LogP contribution in [0, 0.1) is 0 Å². The Hall–Kier alpha value is -3.06. The number of halogens is 2. The predicted octanol–water partition coefficient (Wildman–Crippen LogP) is 6.45. The van der Waals surface area contributed by atoms with E-state index >= 15 is 0 Å². The summed E-state index contributed by atoms with van der Waals surface area (Å²) in [5.41, 5.74) is 1.63. The number of amides is 2. The number of benzene rings is 3. The number of carbonyl (C=O) groups excluding carboxylic acids is 3. The molecule has 0 aromatic heterocycles. The van der Waals surface area contributed by atoms with Crippen LogP contribution in [0.4, 0.5) is 4.79 Å². The molecule has 1 heterocycles. The topological polar surface area (TPSA) is 63.7 Å². The van der Waals surface area contributed by atoms with Gasteiger partial charge in [0.15, 0.2) is 0 Å². The van der Waals surface area contributed by atoms with Crippen LogP contribution in [-0.2, 0) is 11.3 Å². The SMILES string of the molecule is O=C(Oc1ccccc1/C=C1\SC(=O)N(Cc2ccc(Cl)cc2)C1=O)c1ccc(Cl)cc1. The van der Waals surface area contributed by atoms with Crippen molar-refractivity contribution in [3.05, 3.63) is 104 Å². The highest BCUT2D eigenvalue weighted by atomic mass is 35.5. The van der Waals surface area contributed by atoms with Gasteiger partial charge in [0.2, 0.25) is 0 Å². The highest BCUT2D eigenvalue weighted by Gasteiger charge is 2.35. The molecule has 3 aromatic rings. The molecule has 1 aliphatic heterocycles. The fourth-order valence-electron chi connectivity index (χ4n) is 2.99. The van der Waals surface area contributed by atoms with E-state index in [9.17, 15) is 14.4 Å². The molecule has 160 valence electrons. The van der Waals surface area contributed by atoms with Crippen molar-refractivity contribution < 1.29 is 19.1 Å². The van der Waals surface area contributed by atoms with Crippen molar-refractivity contribution >= 4 is 58.2 Å². The van der Waals surface area contributed by atoms with Crippen molar-refractivity contribution in [3.8, 4) is 5.75 Å². The number of nitrogens with zero attached hydrogens (tertiary/aromatic N) is 1. The van der Waals surface area contributed by atoms with Gasteiger partial charge in [-0.05, 0) is 65.9 Å². The summed E-state index contributed by atoms with van der Waals surface area (Å²) >= 11 is 12.6. The zero-order valence-corrected chi connectivity index (χ0v) is 18.8. The van der Waals surface area contributed by atoms with E-state index in [1.54, 1.807) is 78.9 Å². The van der Waals surface area contributed by atoms with Gasteiger partial charge in [-0.3, -0.25) is 14.5 Å². The number of rotatable bonds is 5. The largest absolute Gasteiger partial charge is 0.422 e. The molecule has 32 heavy (non-hydrogen) atoms. The smallest absolute Gasteiger partial charge is 0.343 e. The van der Waals surface area contributed by atoms with Gasteiger partial charge in [-0.2, -0.15) is 0 Å². The van der Waals surface area contributed by atoms with Crippen LogP contribution >= 0.6 is 35.0 Å². The molecule has 1 fully saturated rings. The second kappa shape index (κ2) is 9.61. The van der Waals surface area contributed by atoms with Gasteiger partial charge >= 0.3 is 5.97 Å². The summed E-state index contributed by atoms with van der Waals surface area (Å²) in [6.45, 7) is 0.145. The maximum atomic E-state index is 12.8. The zero-order chi connectivity index (χ0) is 22.7. The molecule has 1 saturated heterocycles. The number of para-hydroxylation sites is 1. The van der Waals surface area contributed by atoms with Gasteiger partial charge in [0.05, 0.1) is 17.0 Å². The van der Waals surface area contributed by atoms with E-state index in [-0.39, 0.29) is 22.4 Å². The van der Waals surface area contributed by atoms with E-state index in [0.717, 1.165) is 17.3 Å². The molecule has 0 aliphatic carbocycles. The first-order valence-corrected chi connectivity index (χ1v) is 11.0. The Bertz CT molecular complexity index is 1220. The average Bonchev–Trinajstić information content (AvgIpc) is 3.04. The lowest BCUT2D eigenvalue weighted by atomic mass is 10.1. The Labute approximate surface area is 198 Å². The van der Waals surface area contributed by atoms with E-state index < -0.39 is 11.9 Å². The quantitative estimate of drug-likeness (QED) is 0.237. The first kappa shape index (κ1) is 22.1. The Morgan fingerprint density at radius 1 is 0.906 bits per heavy atom. The van der Waals surface area contributed by atoms with Crippen molar-refractivity contribution in [1.29, 1.82) is 0 Å². The number of thioether (sulfide) groups is 1. The van der Waals surface area contributed by atoms with Crippen molar-refractivity contribution in [1.82, 2.24) is 4.90 Å². The van der Waals surface area contributed by atoms with Crippen LogP contribution in [-0.4, -0.2) is 22.0 Å². The maximum absolute atomic E-state index is 12.8. The molecule has 8 heteroatoms. The van der Waals surface area contributed by atoms with Gasteiger partial charge < -0.3 is 4.74 Å². The van der Waals surface area contributed by atoms with Crippen LogP contribution in [0.2, 0.25) is 10.0 Å². The monoisotopic (exact) mass is 483 g/mol. The van der Waals surface area contributed by atoms with Crippen molar-refractivity contribution in [2.75, 3.05) is 0 Å². The fourth-order valence-corrected chi connectivity index (χ4v) is 4.07. The van der Waals surface area contributed by atoms with E-state index in [2.05, 4.69) is 0 Å². The van der Waals surface area contributed by atoms with E-state index in [1.165, 1.54) is 4.90 Å². The van der Waals surface area contributed by atoms with Crippen molar-refractivity contribution in [2.45, 2.75) is 6.54 Å². The van der Waals surface area contributed by atoms with E-state index in [0.29, 0.717) is 21.2 Å².